The van der Waals surface area contributed by atoms with Gasteiger partial charge in [-0.15, -0.1) is 0 Å². The van der Waals surface area contributed by atoms with Gasteiger partial charge in [-0.3, -0.25) is 4.79 Å². The molecule has 7 nitrogen and oxygen atoms in total. The second kappa shape index (κ2) is 10.4. The number of aromatic nitrogens is 1. The first-order valence-electron chi connectivity index (χ1n) is 10.7. The average Bonchev–Trinajstić information content (AvgIpc) is 3.31. The number of ether oxygens (including phenoxy) is 3. The highest BCUT2D eigenvalue weighted by molar-refractivity contribution is 7.80. The van der Waals surface area contributed by atoms with Gasteiger partial charge in [0.2, 0.25) is 0 Å². The predicted molar refractivity (Wildman–Crippen MR) is 135 cm³/mol. The second-order valence-electron chi connectivity index (χ2n) is 7.87. The number of hydrogen-bond donors (Lipinski definition) is 2. The molecule has 1 aliphatic heterocycles. The smallest absolute Gasteiger partial charge is 0.253 e. The van der Waals surface area contributed by atoms with Crippen molar-refractivity contribution >= 4 is 45.5 Å². The topological polar surface area (TPSA) is 75.8 Å². The third kappa shape index (κ3) is 5.58. The van der Waals surface area contributed by atoms with Gasteiger partial charge in [0.15, 0.2) is 16.6 Å². The van der Waals surface area contributed by atoms with E-state index in [2.05, 4.69) is 10.3 Å². The summed E-state index contributed by atoms with van der Waals surface area (Å²) in [5, 5.41) is 5.19. The molecule has 1 aromatic heterocycles. The van der Waals surface area contributed by atoms with E-state index in [0.717, 1.165) is 30.5 Å². The van der Waals surface area contributed by atoms with Crippen LogP contribution in [0.3, 0.4) is 0 Å². The van der Waals surface area contributed by atoms with Gasteiger partial charge in [0.1, 0.15) is 0 Å². The number of aromatic amines is 1. The van der Waals surface area contributed by atoms with Crippen LogP contribution in [0.5, 0.6) is 11.5 Å². The van der Waals surface area contributed by atoms with Gasteiger partial charge in [-0.2, -0.15) is 0 Å². The summed E-state index contributed by atoms with van der Waals surface area (Å²) in [6.45, 7) is 1.65. The predicted octanol–water partition coefficient (Wildman–Crippen LogP) is 4.58. The third-order valence-electron chi connectivity index (χ3n) is 5.60. The Morgan fingerprint density at radius 1 is 1.24 bits per heavy atom. The fourth-order valence-corrected chi connectivity index (χ4v) is 4.37. The number of anilines is 1. The fraction of sp³-hybridized carbons (Fsp3) is 0.333. The van der Waals surface area contributed by atoms with Crippen molar-refractivity contribution in [1.82, 2.24) is 9.88 Å². The molecular weight excluding hydrogens is 462 g/mol. The van der Waals surface area contributed by atoms with Crippen LogP contribution in [-0.4, -0.2) is 48.5 Å². The molecule has 3 aromatic rings. The third-order valence-corrected chi connectivity index (χ3v) is 6.19. The number of thiocarbonyl (C=S) groups is 1. The molecule has 0 aliphatic carbocycles. The van der Waals surface area contributed by atoms with E-state index < -0.39 is 0 Å². The largest absolute Gasteiger partial charge is 0.493 e. The van der Waals surface area contributed by atoms with Gasteiger partial charge >= 0.3 is 0 Å². The highest BCUT2D eigenvalue weighted by Crippen LogP contribution is 2.31. The zero-order chi connectivity index (χ0) is 23.4. The summed E-state index contributed by atoms with van der Waals surface area (Å²) in [5.41, 5.74) is 1.86. The van der Waals surface area contributed by atoms with Gasteiger partial charge in [-0.05, 0) is 55.4 Å². The minimum atomic E-state index is -0.183. The van der Waals surface area contributed by atoms with E-state index in [0.29, 0.717) is 45.8 Å². The van der Waals surface area contributed by atoms with Crippen LogP contribution in [0, 0.1) is 0 Å². The molecule has 0 radical (unpaired) electrons. The normalized spacial score (nSPS) is 15.4. The van der Waals surface area contributed by atoms with Crippen molar-refractivity contribution < 1.29 is 14.2 Å². The van der Waals surface area contributed by atoms with E-state index in [1.165, 1.54) is 0 Å². The summed E-state index contributed by atoms with van der Waals surface area (Å²) in [6.07, 6.45) is 2.04. The van der Waals surface area contributed by atoms with E-state index >= 15 is 0 Å². The molecule has 1 aliphatic rings. The molecular formula is C24H26ClN3O4S. The number of nitrogens with one attached hydrogen (secondary N) is 2. The van der Waals surface area contributed by atoms with Crippen molar-refractivity contribution in [3.8, 4) is 11.5 Å². The second-order valence-corrected chi connectivity index (χ2v) is 8.70. The van der Waals surface area contributed by atoms with Crippen molar-refractivity contribution in [2.24, 2.45) is 0 Å². The number of nitrogens with zero attached hydrogens (tertiary/aromatic N) is 1. The zero-order valence-corrected chi connectivity index (χ0v) is 20.1. The molecule has 0 unspecified atom stereocenters. The lowest BCUT2D eigenvalue weighted by Crippen LogP contribution is -2.40. The Kier molecular flexibility index (Phi) is 7.37. The Balaban J connectivity index is 1.63. The quantitative estimate of drug-likeness (QED) is 0.472. The molecule has 9 heteroatoms. The molecule has 0 saturated carbocycles. The lowest BCUT2D eigenvalue weighted by atomic mass is 10.1. The van der Waals surface area contributed by atoms with E-state index in [9.17, 15) is 4.79 Å². The summed E-state index contributed by atoms with van der Waals surface area (Å²) in [7, 11) is 3.15. The Labute approximate surface area is 202 Å². The summed E-state index contributed by atoms with van der Waals surface area (Å²) in [4.78, 5) is 17.8. The molecule has 1 atom stereocenters. The minimum absolute atomic E-state index is 0.0630. The van der Waals surface area contributed by atoms with Crippen LogP contribution in [0.4, 0.5) is 5.69 Å². The number of fused-ring (bicyclic) bond motifs is 1. The maximum Gasteiger partial charge on any atom is 0.253 e. The average molecular weight is 488 g/mol. The number of H-pyrrole nitrogens is 1. The van der Waals surface area contributed by atoms with Crippen molar-refractivity contribution in [3.05, 3.63) is 63.4 Å². The van der Waals surface area contributed by atoms with Gasteiger partial charge in [-0.1, -0.05) is 17.7 Å². The van der Waals surface area contributed by atoms with Crippen LogP contribution >= 0.6 is 23.8 Å². The van der Waals surface area contributed by atoms with Gasteiger partial charge in [0.25, 0.3) is 5.56 Å². The number of hydrogen-bond acceptors (Lipinski definition) is 5. The van der Waals surface area contributed by atoms with E-state index in [4.69, 9.17) is 38.0 Å². The number of pyridine rings is 1. The summed E-state index contributed by atoms with van der Waals surface area (Å²) >= 11 is 11.8. The Hall–Kier alpha value is -2.81. The molecule has 1 saturated heterocycles. The van der Waals surface area contributed by atoms with Crippen LogP contribution in [0.25, 0.3) is 10.9 Å². The van der Waals surface area contributed by atoms with Crippen molar-refractivity contribution in [1.29, 1.82) is 0 Å². The monoisotopic (exact) mass is 487 g/mol. The highest BCUT2D eigenvalue weighted by Gasteiger charge is 2.22. The van der Waals surface area contributed by atoms with Gasteiger partial charge in [-0.25, -0.2) is 0 Å². The maximum absolute atomic E-state index is 12.9. The van der Waals surface area contributed by atoms with Crippen LogP contribution < -0.4 is 20.3 Å². The first-order chi connectivity index (χ1) is 16.0. The highest BCUT2D eigenvalue weighted by atomic mass is 35.5. The minimum Gasteiger partial charge on any atom is -0.493 e. The van der Waals surface area contributed by atoms with Gasteiger partial charge in [0.05, 0.1) is 32.4 Å². The number of methoxy groups -OCH3 is 2. The Morgan fingerprint density at radius 3 is 2.73 bits per heavy atom. The molecule has 174 valence electrons. The molecule has 0 amide bonds. The fourth-order valence-electron chi connectivity index (χ4n) is 3.92. The van der Waals surface area contributed by atoms with Crippen molar-refractivity contribution in [3.63, 3.8) is 0 Å². The molecule has 2 aromatic carbocycles. The molecule has 0 bridgehead atoms. The lowest BCUT2D eigenvalue weighted by Gasteiger charge is -2.28. The number of rotatable bonds is 7. The van der Waals surface area contributed by atoms with Gasteiger partial charge in [0, 0.05) is 40.9 Å². The molecule has 2 heterocycles. The van der Waals surface area contributed by atoms with Gasteiger partial charge < -0.3 is 29.4 Å². The van der Waals surface area contributed by atoms with Crippen LogP contribution in [0.1, 0.15) is 18.4 Å². The summed E-state index contributed by atoms with van der Waals surface area (Å²) in [5.74, 6) is 1.15. The zero-order valence-electron chi connectivity index (χ0n) is 18.5. The SMILES string of the molecule is COc1cc2cc(CN(C[C@H]3CCCO3)C(=S)Nc3cccc(Cl)c3)c(=O)[nH]c2cc1OC. The van der Waals surface area contributed by atoms with E-state index in [1.807, 2.05) is 29.2 Å². The Bertz CT molecular complexity index is 1210. The van der Waals surface area contributed by atoms with Crippen LogP contribution in [0.15, 0.2) is 47.3 Å². The molecule has 4 rings (SSSR count). The Morgan fingerprint density at radius 2 is 2.03 bits per heavy atom. The molecule has 1 fully saturated rings. The summed E-state index contributed by atoms with van der Waals surface area (Å²) in [6, 6.07) is 12.8. The number of benzene rings is 2. The summed E-state index contributed by atoms with van der Waals surface area (Å²) < 4.78 is 16.6. The van der Waals surface area contributed by atoms with Crippen LogP contribution in [0.2, 0.25) is 5.02 Å². The first kappa shape index (κ1) is 23.4. The molecule has 0 spiro atoms. The van der Waals surface area contributed by atoms with Crippen LogP contribution in [-0.2, 0) is 11.3 Å². The van der Waals surface area contributed by atoms with E-state index in [-0.39, 0.29) is 11.7 Å². The molecule has 33 heavy (non-hydrogen) atoms. The lowest BCUT2D eigenvalue weighted by molar-refractivity contribution is 0.0904. The van der Waals surface area contributed by atoms with Crippen molar-refractivity contribution in [2.45, 2.75) is 25.5 Å². The van der Waals surface area contributed by atoms with E-state index in [1.54, 1.807) is 32.4 Å². The number of halogens is 1. The van der Waals surface area contributed by atoms with Crippen molar-refractivity contribution in [2.75, 3.05) is 32.7 Å². The first-order valence-corrected chi connectivity index (χ1v) is 11.5. The molecule has 2 N–H and O–H groups in total. The maximum atomic E-state index is 12.9. The standard InChI is InChI=1S/C24H26ClN3O4S/c1-30-21-10-15-9-16(23(29)27-20(15)12-22(21)31-2)13-28(14-19-7-4-8-32-19)24(33)26-18-6-3-5-17(25)11-18/h3,5-6,9-12,19H,4,7-8,13-14H2,1-2H3,(H,26,33)(H,27,29)/t19-/m1/s1.